The maximum absolute atomic E-state index is 13.6. The lowest BCUT2D eigenvalue weighted by atomic mass is 9.87. The topological polar surface area (TPSA) is 68.1 Å². The predicted molar refractivity (Wildman–Crippen MR) is 132 cm³/mol. The fourth-order valence-electron chi connectivity index (χ4n) is 4.95. The highest BCUT2D eigenvalue weighted by molar-refractivity contribution is 5.86. The Labute approximate surface area is 211 Å². The standard InChI is InChI=1S/C27H37F3N4O2/c1-17-9-10-20(18(2)12-17)13-23(36)21-14-33(19(3)35)15-22(21)25-32-31-24(8-7-11-26(4,5)6)34(25)16-27(28,29)30/h9-10,12,21-22H,7-8,11,13-16H2,1-6H3/t21-,22-/m0/s1. The van der Waals surface area contributed by atoms with E-state index in [9.17, 15) is 22.8 Å². The second kappa shape index (κ2) is 10.7. The summed E-state index contributed by atoms with van der Waals surface area (Å²) in [5, 5.41) is 8.32. The van der Waals surface area contributed by atoms with Crippen LogP contribution in [0.25, 0.3) is 0 Å². The van der Waals surface area contributed by atoms with Gasteiger partial charge < -0.3 is 9.47 Å². The minimum atomic E-state index is -4.46. The Kier molecular flexibility index (Phi) is 8.30. The van der Waals surface area contributed by atoms with Crippen molar-refractivity contribution in [3.05, 3.63) is 46.5 Å². The maximum atomic E-state index is 13.6. The van der Waals surface area contributed by atoms with E-state index in [1.807, 2.05) is 32.0 Å². The Hall–Kier alpha value is -2.71. The van der Waals surface area contributed by atoms with Crippen LogP contribution in [0, 0.1) is 25.2 Å². The average Bonchev–Trinajstić information content (AvgIpc) is 3.33. The summed E-state index contributed by atoms with van der Waals surface area (Å²) in [7, 11) is 0. The van der Waals surface area contributed by atoms with E-state index in [1.165, 1.54) is 11.8 Å². The molecule has 198 valence electrons. The first kappa shape index (κ1) is 27.9. The van der Waals surface area contributed by atoms with Gasteiger partial charge >= 0.3 is 6.18 Å². The number of ketones is 1. The van der Waals surface area contributed by atoms with Gasteiger partial charge in [-0.3, -0.25) is 9.59 Å². The molecule has 0 N–H and O–H groups in total. The molecule has 3 rings (SSSR count). The zero-order valence-corrected chi connectivity index (χ0v) is 22.1. The Balaban J connectivity index is 1.93. The van der Waals surface area contributed by atoms with Gasteiger partial charge in [0.1, 0.15) is 24.0 Å². The number of aromatic nitrogens is 3. The summed E-state index contributed by atoms with van der Waals surface area (Å²) < 4.78 is 41.9. The molecule has 1 aliphatic rings. The number of hydrogen-bond donors (Lipinski definition) is 0. The van der Waals surface area contributed by atoms with Crippen LogP contribution in [-0.2, 0) is 29.0 Å². The molecule has 1 fully saturated rings. The molecule has 36 heavy (non-hydrogen) atoms. The molecule has 0 radical (unpaired) electrons. The van der Waals surface area contributed by atoms with Gasteiger partial charge in [-0.15, -0.1) is 10.2 Å². The number of Topliss-reactive ketones (excluding diaryl/α,β-unsaturated/α-hetero) is 1. The molecule has 2 atom stereocenters. The third kappa shape index (κ3) is 7.17. The molecule has 2 heterocycles. The van der Waals surface area contributed by atoms with Crippen LogP contribution in [0.2, 0.25) is 0 Å². The average molecular weight is 507 g/mol. The van der Waals surface area contributed by atoms with Crippen LogP contribution in [0.4, 0.5) is 13.2 Å². The third-order valence-corrected chi connectivity index (χ3v) is 6.89. The summed E-state index contributed by atoms with van der Waals surface area (Å²) in [6.45, 7) is 10.7. The molecule has 0 bridgehead atoms. The van der Waals surface area contributed by atoms with E-state index < -0.39 is 24.6 Å². The van der Waals surface area contributed by atoms with Gasteiger partial charge in [-0.2, -0.15) is 13.2 Å². The van der Waals surface area contributed by atoms with Crippen LogP contribution in [0.3, 0.4) is 0 Å². The lowest BCUT2D eigenvalue weighted by Crippen LogP contribution is -2.28. The zero-order chi connectivity index (χ0) is 26.8. The maximum Gasteiger partial charge on any atom is 0.406 e. The quantitative estimate of drug-likeness (QED) is 0.494. The molecule has 9 heteroatoms. The van der Waals surface area contributed by atoms with Gasteiger partial charge in [-0.05, 0) is 43.2 Å². The van der Waals surface area contributed by atoms with Crippen LogP contribution < -0.4 is 0 Å². The van der Waals surface area contributed by atoms with Crippen LogP contribution >= 0.6 is 0 Å². The van der Waals surface area contributed by atoms with Gasteiger partial charge in [0.2, 0.25) is 5.91 Å². The molecule has 0 aliphatic carbocycles. The molecule has 1 aromatic heterocycles. The van der Waals surface area contributed by atoms with Crippen LogP contribution in [0.5, 0.6) is 0 Å². The summed E-state index contributed by atoms with van der Waals surface area (Å²) in [5.41, 5.74) is 3.01. The highest BCUT2D eigenvalue weighted by atomic mass is 19.4. The lowest BCUT2D eigenvalue weighted by Gasteiger charge is -2.21. The van der Waals surface area contributed by atoms with Crippen molar-refractivity contribution in [2.45, 2.75) is 85.9 Å². The Morgan fingerprint density at radius 2 is 1.78 bits per heavy atom. The number of likely N-dealkylation sites (tertiary alicyclic amines) is 1. The van der Waals surface area contributed by atoms with Crippen molar-refractivity contribution in [3.8, 4) is 0 Å². The summed E-state index contributed by atoms with van der Waals surface area (Å²) >= 11 is 0. The monoisotopic (exact) mass is 506 g/mol. The predicted octanol–water partition coefficient (Wildman–Crippen LogP) is 5.20. The zero-order valence-electron chi connectivity index (χ0n) is 22.1. The van der Waals surface area contributed by atoms with Crippen LogP contribution in [0.15, 0.2) is 18.2 Å². The molecule has 0 saturated carbocycles. The second-order valence-electron chi connectivity index (χ2n) is 11.3. The van der Waals surface area contributed by atoms with E-state index in [2.05, 4.69) is 31.0 Å². The minimum Gasteiger partial charge on any atom is -0.341 e. The summed E-state index contributed by atoms with van der Waals surface area (Å²) in [6.07, 6.45) is -2.43. The largest absolute Gasteiger partial charge is 0.406 e. The molecule has 0 unspecified atom stereocenters. The van der Waals surface area contributed by atoms with Gasteiger partial charge in [0, 0.05) is 44.7 Å². The number of amides is 1. The molecule has 1 aliphatic heterocycles. The highest BCUT2D eigenvalue weighted by Gasteiger charge is 2.43. The fourth-order valence-corrected chi connectivity index (χ4v) is 4.95. The van der Waals surface area contributed by atoms with Crippen molar-refractivity contribution in [3.63, 3.8) is 0 Å². The van der Waals surface area contributed by atoms with Crippen molar-refractivity contribution < 1.29 is 22.8 Å². The van der Waals surface area contributed by atoms with Gasteiger partial charge in [-0.25, -0.2) is 0 Å². The Bertz CT molecular complexity index is 1100. The molecule has 0 spiro atoms. The van der Waals surface area contributed by atoms with Crippen LogP contribution in [0.1, 0.15) is 74.8 Å². The molecule has 1 saturated heterocycles. The molecule has 6 nitrogen and oxygen atoms in total. The van der Waals surface area contributed by atoms with Crippen molar-refractivity contribution in [2.75, 3.05) is 13.1 Å². The number of halogens is 3. The van der Waals surface area contributed by atoms with Crippen LogP contribution in [-0.4, -0.2) is 50.6 Å². The Morgan fingerprint density at radius 3 is 2.36 bits per heavy atom. The van der Waals surface area contributed by atoms with E-state index >= 15 is 0 Å². The number of carbonyl (C=O) groups excluding carboxylic acids is 2. The third-order valence-electron chi connectivity index (χ3n) is 6.89. The number of benzene rings is 1. The number of aryl methyl sites for hydroxylation is 3. The lowest BCUT2D eigenvalue weighted by molar-refractivity contribution is -0.141. The smallest absolute Gasteiger partial charge is 0.341 e. The number of nitrogens with zero attached hydrogens (tertiary/aromatic N) is 4. The van der Waals surface area contributed by atoms with E-state index in [0.29, 0.717) is 12.8 Å². The molecular weight excluding hydrogens is 469 g/mol. The first-order valence-electron chi connectivity index (χ1n) is 12.5. The van der Waals surface area contributed by atoms with Crippen molar-refractivity contribution in [1.82, 2.24) is 19.7 Å². The van der Waals surface area contributed by atoms with Crippen molar-refractivity contribution in [1.29, 1.82) is 0 Å². The summed E-state index contributed by atoms with van der Waals surface area (Å²) in [6, 6.07) is 5.85. The van der Waals surface area contributed by atoms with Gasteiger partial charge in [0.05, 0.1) is 0 Å². The molecule has 2 aromatic rings. The summed E-state index contributed by atoms with van der Waals surface area (Å²) in [4.78, 5) is 27.2. The molecular formula is C27H37F3N4O2. The van der Waals surface area contributed by atoms with Crippen molar-refractivity contribution in [2.24, 2.45) is 11.3 Å². The second-order valence-corrected chi connectivity index (χ2v) is 11.3. The normalized spacial score (nSPS) is 18.6. The first-order valence-corrected chi connectivity index (χ1v) is 12.5. The van der Waals surface area contributed by atoms with E-state index in [-0.39, 0.29) is 48.3 Å². The van der Waals surface area contributed by atoms with E-state index in [0.717, 1.165) is 27.7 Å². The minimum absolute atomic E-state index is 0.0524. The summed E-state index contributed by atoms with van der Waals surface area (Å²) in [5.74, 6) is -1.19. The van der Waals surface area contributed by atoms with E-state index in [4.69, 9.17) is 0 Å². The van der Waals surface area contributed by atoms with E-state index in [1.54, 1.807) is 0 Å². The SMILES string of the molecule is CC(=O)N1C[C@H](C(=O)Cc2ccc(C)cc2C)[C@@H](c2nnc(CCCC(C)(C)C)n2CC(F)(F)F)C1. The Morgan fingerprint density at radius 1 is 1.08 bits per heavy atom. The number of carbonyl (C=O) groups is 2. The number of alkyl halides is 3. The fraction of sp³-hybridized carbons (Fsp3) is 0.630. The molecule has 1 aromatic carbocycles. The van der Waals surface area contributed by atoms with Crippen molar-refractivity contribution >= 4 is 11.7 Å². The van der Waals surface area contributed by atoms with Gasteiger partial charge in [0.15, 0.2) is 0 Å². The number of hydrogen-bond acceptors (Lipinski definition) is 4. The van der Waals surface area contributed by atoms with Gasteiger partial charge in [0.25, 0.3) is 0 Å². The highest BCUT2D eigenvalue weighted by Crippen LogP contribution is 2.35. The number of rotatable bonds is 8. The van der Waals surface area contributed by atoms with Gasteiger partial charge in [-0.1, -0.05) is 44.5 Å². The molecule has 1 amide bonds. The first-order chi connectivity index (χ1) is 16.6.